The number of carboxylic acid groups (broad SMARTS) is 1. The Morgan fingerprint density at radius 2 is 1.93 bits per heavy atom. The van der Waals surface area contributed by atoms with Crippen LogP contribution in [0, 0.1) is 0 Å². The number of carbonyl (C=O) groups excluding carboxylic acids is 2. The molecule has 2 aliphatic heterocycles. The fourth-order valence-electron chi connectivity index (χ4n) is 3.16. The number of nitrogens with zero attached hydrogens (tertiary/aromatic N) is 1. The topological polar surface area (TPSA) is 89.1 Å². The molecule has 3 N–H and O–H groups in total. The van der Waals surface area contributed by atoms with Gasteiger partial charge >= 0.3 is 6.18 Å². The normalized spacial score (nSPS) is 19.8. The van der Waals surface area contributed by atoms with Crippen molar-refractivity contribution in [3.05, 3.63) is 89.2 Å². The van der Waals surface area contributed by atoms with Gasteiger partial charge in [0.1, 0.15) is 12.2 Å². The quantitative estimate of drug-likeness (QED) is 0.750. The smallest absolute Gasteiger partial charge is 0.430 e. The summed E-state index contributed by atoms with van der Waals surface area (Å²) in [7, 11) is 2.03. The van der Waals surface area contributed by atoms with E-state index in [1.54, 1.807) is 0 Å². The highest BCUT2D eigenvalue weighted by Crippen LogP contribution is 2.32. The van der Waals surface area contributed by atoms with Crippen molar-refractivity contribution in [2.24, 2.45) is 0 Å². The number of allylic oxidation sites excluding steroid dienone is 1. The number of hydrogen-bond acceptors (Lipinski definition) is 5. The van der Waals surface area contributed by atoms with Gasteiger partial charge in [0.2, 0.25) is 0 Å². The fourth-order valence-corrected chi connectivity index (χ4v) is 3.16. The van der Waals surface area contributed by atoms with E-state index in [9.17, 15) is 18.0 Å². The molecule has 30 heavy (non-hydrogen) atoms. The van der Waals surface area contributed by atoms with Crippen LogP contribution in [0.2, 0.25) is 0 Å². The van der Waals surface area contributed by atoms with Crippen LogP contribution in [0.1, 0.15) is 5.56 Å². The number of ketones is 1. The van der Waals surface area contributed by atoms with Crippen LogP contribution >= 0.6 is 0 Å². The van der Waals surface area contributed by atoms with E-state index in [1.807, 2.05) is 67.2 Å². The van der Waals surface area contributed by atoms with Gasteiger partial charge < -0.3 is 20.1 Å². The van der Waals surface area contributed by atoms with Crippen molar-refractivity contribution in [3.63, 3.8) is 0 Å². The van der Waals surface area contributed by atoms with Crippen molar-refractivity contribution in [2.45, 2.75) is 12.2 Å². The third-order valence-electron chi connectivity index (χ3n) is 4.61. The molecule has 0 saturated heterocycles. The second kappa shape index (κ2) is 8.42. The summed E-state index contributed by atoms with van der Waals surface area (Å²) in [5.41, 5.74) is 4.80. The first kappa shape index (κ1) is 21.1. The molecule has 1 unspecified atom stereocenters. The second-order valence-corrected chi connectivity index (χ2v) is 6.63. The lowest BCUT2D eigenvalue weighted by atomic mass is 9.88. The first-order chi connectivity index (χ1) is 14.2. The summed E-state index contributed by atoms with van der Waals surface area (Å²) < 4.78 is 31.5. The molecule has 1 atom stereocenters. The lowest BCUT2D eigenvalue weighted by molar-refractivity contribution is -0.525. The molecule has 0 bridgehead atoms. The van der Waals surface area contributed by atoms with Gasteiger partial charge in [-0.25, -0.2) is 0 Å². The third kappa shape index (κ3) is 4.52. The molecule has 156 valence electrons. The molecular formula is C21H18F3N3O3. The van der Waals surface area contributed by atoms with Crippen molar-refractivity contribution in [3.8, 4) is 0 Å². The van der Waals surface area contributed by atoms with Gasteiger partial charge in [-0.3, -0.25) is 10.1 Å². The monoisotopic (exact) mass is 417 g/mol. The van der Waals surface area contributed by atoms with Crippen LogP contribution in [0.4, 0.5) is 13.2 Å². The lowest BCUT2D eigenvalue weighted by Crippen LogP contribution is -2.76. The minimum Gasteiger partial charge on any atom is -0.542 e. The average molecular weight is 417 g/mol. The maximum atomic E-state index is 12.7. The molecule has 1 aliphatic carbocycles. The molecule has 3 aliphatic rings. The number of halogens is 3. The Morgan fingerprint density at radius 1 is 1.27 bits per heavy atom. The predicted octanol–water partition coefficient (Wildman–Crippen LogP) is 0.555. The second-order valence-electron chi connectivity index (χ2n) is 6.63. The van der Waals surface area contributed by atoms with Crippen LogP contribution < -0.4 is 15.7 Å². The number of Topliss-reactive ketones (excluding diaryl/α,β-unsaturated/α-hetero) is 1. The number of carbonyl (C=O) groups is 2. The highest BCUT2D eigenvalue weighted by molar-refractivity contribution is 6.09. The highest BCUT2D eigenvalue weighted by atomic mass is 19.4. The summed E-state index contributed by atoms with van der Waals surface area (Å²) in [5, 5.41) is 13.9. The van der Waals surface area contributed by atoms with Gasteiger partial charge in [-0.1, -0.05) is 30.3 Å². The SMILES string of the molecule is CN1C=CC2=C[NH2+]C3=C2C1C=C(N/C=C/c1ccccc1)C3=O.O=C([O-])C(F)(F)F. The van der Waals surface area contributed by atoms with Crippen LogP contribution in [0.25, 0.3) is 6.08 Å². The zero-order valence-electron chi connectivity index (χ0n) is 15.8. The standard InChI is InChI=1S/C19H17N3O.C2HF3O2/c1-22-10-8-14-12-21-18-17(14)16(22)11-15(19(18)23)20-9-7-13-5-3-2-4-6-13;3-2(4,5)1(6)7/h2-12,16,20-21H,1H3;(H,6,7)/b9-7+;. The number of alkyl halides is 3. The molecular weight excluding hydrogens is 399 g/mol. The zero-order chi connectivity index (χ0) is 21.9. The van der Waals surface area contributed by atoms with Crippen molar-refractivity contribution < 1.29 is 33.2 Å². The maximum Gasteiger partial charge on any atom is 0.430 e. The largest absolute Gasteiger partial charge is 0.542 e. The van der Waals surface area contributed by atoms with Crippen LogP contribution in [-0.2, 0) is 9.59 Å². The molecule has 0 fully saturated rings. The summed E-state index contributed by atoms with van der Waals surface area (Å²) in [4.78, 5) is 23.6. The molecule has 0 spiro atoms. The third-order valence-corrected chi connectivity index (χ3v) is 4.61. The molecule has 0 radical (unpaired) electrons. The van der Waals surface area contributed by atoms with E-state index < -0.39 is 12.1 Å². The Labute approximate surface area is 170 Å². The molecule has 1 aromatic rings. The number of likely N-dealkylation sites (N-methyl/N-ethyl adjacent to an activating group) is 1. The Kier molecular flexibility index (Phi) is 5.93. The van der Waals surface area contributed by atoms with Gasteiger partial charge in [0, 0.05) is 25.0 Å². The van der Waals surface area contributed by atoms with Gasteiger partial charge in [0.15, 0.2) is 5.70 Å². The highest BCUT2D eigenvalue weighted by Gasteiger charge is 2.39. The molecule has 1 aromatic carbocycles. The number of quaternary nitrogens is 1. The molecule has 0 saturated carbocycles. The molecule has 9 heteroatoms. The van der Waals surface area contributed by atoms with E-state index >= 15 is 0 Å². The summed E-state index contributed by atoms with van der Waals surface area (Å²) in [6, 6.07) is 10.1. The van der Waals surface area contributed by atoms with Crippen molar-refractivity contribution in [1.29, 1.82) is 0 Å². The summed E-state index contributed by atoms with van der Waals surface area (Å²) in [5.74, 6) is -2.95. The lowest BCUT2D eigenvalue weighted by Gasteiger charge is -2.31. The van der Waals surface area contributed by atoms with E-state index in [0.717, 1.165) is 22.4 Å². The first-order valence-electron chi connectivity index (χ1n) is 8.91. The number of benzene rings is 1. The number of nitrogens with two attached hydrogens (primary N) is 1. The van der Waals surface area contributed by atoms with E-state index in [2.05, 4.69) is 22.5 Å². The number of carboxylic acids is 1. The molecule has 0 amide bonds. The fraction of sp³-hybridized carbons (Fsp3) is 0.143. The Morgan fingerprint density at radius 3 is 2.57 bits per heavy atom. The zero-order valence-corrected chi connectivity index (χ0v) is 15.8. The van der Waals surface area contributed by atoms with E-state index in [4.69, 9.17) is 9.90 Å². The number of hydrogen-bond donors (Lipinski definition) is 2. The van der Waals surface area contributed by atoms with Crippen molar-refractivity contribution in [1.82, 2.24) is 10.2 Å². The average Bonchev–Trinajstić information content (AvgIpc) is 3.13. The van der Waals surface area contributed by atoms with Crippen molar-refractivity contribution in [2.75, 3.05) is 7.05 Å². The minimum atomic E-state index is -5.19. The molecule has 2 heterocycles. The molecule has 4 rings (SSSR count). The van der Waals surface area contributed by atoms with Crippen LogP contribution in [0.3, 0.4) is 0 Å². The van der Waals surface area contributed by atoms with Gasteiger partial charge in [0.05, 0.1) is 17.3 Å². The van der Waals surface area contributed by atoms with Crippen LogP contribution in [0.5, 0.6) is 0 Å². The molecule has 0 aromatic heterocycles. The Hall–Kier alpha value is -3.59. The van der Waals surface area contributed by atoms with Crippen LogP contribution in [0.15, 0.2) is 83.6 Å². The molecule has 6 nitrogen and oxygen atoms in total. The Bertz CT molecular complexity index is 1010. The number of rotatable bonds is 3. The van der Waals surface area contributed by atoms with Crippen molar-refractivity contribution >= 4 is 17.8 Å². The van der Waals surface area contributed by atoms with E-state index in [1.165, 1.54) is 0 Å². The predicted molar refractivity (Wildman–Crippen MR) is 100 cm³/mol. The number of nitrogens with one attached hydrogen (secondary N) is 1. The van der Waals surface area contributed by atoms with Crippen LogP contribution in [-0.4, -0.2) is 35.9 Å². The summed E-state index contributed by atoms with van der Waals surface area (Å²) >= 11 is 0. The van der Waals surface area contributed by atoms with E-state index in [-0.39, 0.29) is 11.8 Å². The summed E-state index contributed by atoms with van der Waals surface area (Å²) in [6.07, 6.45) is 6.74. The van der Waals surface area contributed by atoms with Gasteiger partial charge in [-0.05, 0) is 23.8 Å². The van der Waals surface area contributed by atoms with Gasteiger partial charge in [-0.2, -0.15) is 13.2 Å². The van der Waals surface area contributed by atoms with E-state index in [0.29, 0.717) is 5.70 Å². The van der Waals surface area contributed by atoms with Gasteiger partial charge in [0.25, 0.3) is 5.78 Å². The minimum absolute atomic E-state index is 0.0592. The number of aliphatic carboxylic acids is 1. The first-order valence-corrected chi connectivity index (χ1v) is 8.91. The van der Waals surface area contributed by atoms with Gasteiger partial charge in [-0.15, -0.1) is 0 Å². The maximum absolute atomic E-state index is 12.7. The Balaban J connectivity index is 0.000000318. The summed E-state index contributed by atoms with van der Waals surface area (Å²) in [6.45, 7) is 0.